The molecule has 0 saturated carbocycles. The largest absolute Gasteiger partial charge is 0.306 e. The summed E-state index contributed by atoms with van der Waals surface area (Å²) in [6, 6.07) is 0. The molecule has 0 N–H and O–H groups in total. The first-order chi connectivity index (χ1) is 5.97. The van der Waals surface area contributed by atoms with E-state index in [1.54, 1.807) is 4.31 Å². The fraction of sp³-hybridized carbons (Fsp3) is 1.00. The van der Waals surface area contributed by atoms with Crippen LogP contribution in [0.15, 0.2) is 0 Å². The van der Waals surface area contributed by atoms with Gasteiger partial charge in [0.15, 0.2) is 0 Å². The molecule has 13 heavy (non-hydrogen) atoms. The molecule has 0 aromatic carbocycles. The van der Waals surface area contributed by atoms with E-state index >= 15 is 0 Å². The molecule has 76 valence electrons. The van der Waals surface area contributed by atoms with Gasteiger partial charge in [-0.3, -0.25) is 0 Å². The quantitative estimate of drug-likeness (QED) is 0.575. The van der Waals surface area contributed by atoms with E-state index in [-0.39, 0.29) is 0 Å². The Labute approximate surface area is 79.6 Å². The predicted molar refractivity (Wildman–Crippen MR) is 50.9 cm³/mol. The molecule has 2 aliphatic rings. The summed E-state index contributed by atoms with van der Waals surface area (Å²) in [7, 11) is -0.847. The van der Waals surface area contributed by atoms with Crippen molar-refractivity contribution in [3.05, 3.63) is 0 Å². The van der Waals surface area contributed by atoms with E-state index in [1.807, 2.05) is 0 Å². The van der Waals surface area contributed by atoms with E-state index in [4.69, 9.17) is 0 Å². The number of rotatable bonds is 1. The third-order valence-corrected chi connectivity index (χ3v) is 4.34. The third-order valence-electron chi connectivity index (χ3n) is 3.10. The summed E-state index contributed by atoms with van der Waals surface area (Å²) in [6.07, 6.45) is 1.30. The monoisotopic (exact) mass is 204 g/mol. The minimum Gasteiger partial charge on any atom is -0.306 e. The van der Waals surface area contributed by atoms with Crippen LogP contribution in [0.3, 0.4) is 0 Å². The van der Waals surface area contributed by atoms with Gasteiger partial charge in [0.05, 0.1) is 6.26 Å². The zero-order chi connectivity index (χ0) is 9.64. The molecule has 2 heterocycles. The van der Waals surface area contributed by atoms with Gasteiger partial charge in [-0.25, -0.2) is 12.7 Å². The van der Waals surface area contributed by atoms with Gasteiger partial charge in [0.1, 0.15) is 0 Å². The van der Waals surface area contributed by atoms with Gasteiger partial charge in [-0.05, 0) is 18.9 Å². The minimum absolute atomic E-state index is 0.569. The molecule has 0 bridgehead atoms. The molecular formula is C8H16N2O2S. The summed E-state index contributed by atoms with van der Waals surface area (Å²) in [4.78, 5) is 2.29. The molecule has 2 aliphatic heterocycles. The second-order valence-electron chi connectivity index (χ2n) is 4.32. The standard InChI is InChI=1S/C8H16N2O2S/c1-9-3-7-5-10(13(2,11)12)6-8(7)4-9/h7-8H,3-6H2,1-2H3. The zero-order valence-corrected chi connectivity index (χ0v) is 8.92. The Hall–Kier alpha value is -0.130. The van der Waals surface area contributed by atoms with Crippen molar-refractivity contribution in [3.63, 3.8) is 0 Å². The van der Waals surface area contributed by atoms with E-state index in [0.29, 0.717) is 11.8 Å². The lowest BCUT2D eigenvalue weighted by atomic mass is 10.0. The third kappa shape index (κ3) is 1.73. The van der Waals surface area contributed by atoms with Crippen molar-refractivity contribution in [3.8, 4) is 0 Å². The number of hydrogen-bond acceptors (Lipinski definition) is 3. The molecule has 2 atom stereocenters. The predicted octanol–water partition coefficient (Wildman–Crippen LogP) is -0.561. The number of likely N-dealkylation sites (tertiary alicyclic amines) is 1. The summed E-state index contributed by atoms with van der Waals surface area (Å²) in [5.74, 6) is 1.14. The average Bonchev–Trinajstić information content (AvgIpc) is 2.40. The van der Waals surface area contributed by atoms with Crippen LogP contribution in [0.1, 0.15) is 0 Å². The highest BCUT2D eigenvalue weighted by molar-refractivity contribution is 7.88. The van der Waals surface area contributed by atoms with Crippen molar-refractivity contribution in [1.82, 2.24) is 9.21 Å². The molecule has 4 nitrogen and oxygen atoms in total. The molecule has 2 saturated heterocycles. The summed E-state index contributed by atoms with van der Waals surface area (Å²) in [6.45, 7) is 3.56. The Morgan fingerprint density at radius 1 is 1.08 bits per heavy atom. The molecule has 0 aromatic heterocycles. The van der Waals surface area contributed by atoms with Gasteiger partial charge in [-0.1, -0.05) is 0 Å². The molecule has 2 rings (SSSR count). The Morgan fingerprint density at radius 3 is 1.92 bits per heavy atom. The molecule has 2 unspecified atom stereocenters. The summed E-state index contributed by atoms with van der Waals surface area (Å²) in [5, 5.41) is 0. The maximum absolute atomic E-state index is 11.3. The van der Waals surface area contributed by atoms with Gasteiger partial charge in [0.2, 0.25) is 10.0 Å². The summed E-state index contributed by atoms with van der Waals surface area (Å²) >= 11 is 0. The molecule has 0 radical (unpaired) electrons. The number of hydrogen-bond donors (Lipinski definition) is 0. The van der Waals surface area contributed by atoms with E-state index < -0.39 is 10.0 Å². The van der Waals surface area contributed by atoms with Crippen molar-refractivity contribution in [2.24, 2.45) is 11.8 Å². The minimum atomic E-state index is -2.95. The topological polar surface area (TPSA) is 40.6 Å². The lowest BCUT2D eigenvalue weighted by molar-refractivity contribution is 0.350. The summed E-state index contributed by atoms with van der Waals surface area (Å²) in [5.41, 5.74) is 0. The van der Waals surface area contributed by atoms with Crippen molar-refractivity contribution >= 4 is 10.0 Å². The molecule has 0 amide bonds. The number of fused-ring (bicyclic) bond motifs is 1. The Kier molecular flexibility index (Phi) is 2.13. The van der Waals surface area contributed by atoms with E-state index in [9.17, 15) is 8.42 Å². The lowest BCUT2D eigenvalue weighted by Crippen LogP contribution is -2.31. The Bertz CT molecular complexity index is 287. The Morgan fingerprint density at radius 2 is 1.54 bits per heavy atom. The number of nitrogens with zero attached hydrogens (tertiary/aromatic N) is 2. The van der Waals surface area contributed by atoms with Gasteiger partial charge >= 0.3 is 0 Å². The first kappa shape index (κ1) is 9.43. The van der Waals surface area contributed by atoms with Crippen LogP contribution in [0, 0.1) is 11.8 Å². The highest BCUT2D eigenvalue weighted by atomic mass is 32.2. The maximum atomic E-state index is 11.3. The maximum Gasteiger partial charge on any atom is 0.211 e. The second kappa shape index (κ2) is 2.93. The van der Waals surface area contributed by atoms with Gasteiger partial charge in [0, 0.05) is 26.2 Å². The van der Waals surface area contributed by atoms with Crippen molar-refractivity contribution < 1.29 is 8.42 Å². The second-order valence-corrected chi connectivity index (χ2v) is 6.30. The molecule has 2 fully saturated rings. The molecule has 5 heteroatoms. The van der Waals surface area contributed by atoms with Gasteiger partial charge in [-0.15, -0.1) is 0 Å². The first-order valence-corrected chi connectivity index (χ1v) is 6.45. The first-order valence-electron chi connectivity index (χ1n) is 4.60. The fourth-order valence-electron chi connectivity index (χ4n) is 2.46. The molecular weight excluding hydrogens is 188 g/mol. The molecule has 0 aromatic rings. The summed E-state index contributed by atoms with van der Waals surface area (Å²) < 4.78 is 24.1. The van der Waals surface area contributed by atoms with Crippen LogP contribution in [0.5, 0.6) is 0 Å². The van der Waals surface area contributed by atoms with E-state index in [1.165, 1.54) is 6.26 Å². The molecule has 0 spiro atoms. The average molecular weight is 204 g/mol. The van der Waals surface area contributed by atoms with Crippen LogP contribution in [0.4, 0.5) is 0 Å². The van der Waals surface area contributed by atoms with Gasteiger partial charge in [-0.2, -0.15) is 0 Å². The number of sulfonamides is 1. The zero-order valence-electron chi connectivity index (χ0n) is 8.10. The Balaban J connectivity index is 2.06. The van der Waals surface area contributed by atoms with Crippen LogP contribution in [0.25, 0.3) is 0 Å². The SMILES string of the molecule is CN1CC2CN(S(C)(=O)=O)CC2C1. The van der Waals surface area contributed by atoms with Crippen molar-refractivity contribution in [2.75, 3.05) is 39.5 Å². The van der Waals surface area contributed by atoms with Crippen LogP contribution >= 0.6 is 0 Å². The highest BCUT2D eigenvalue weighted by Crippen LogP contribution is 2.31. The normalized spacial score (nSPS) is 36.8. The van der Waals surface area contributed by atoms with Gasteiger partial charge < -0.3 is 4.90 Å². The van der Waals surface area contributed by atoms with Gasteiger partial charge in [0.25, 0.3) is 0 Å². The smallest absolute Gasteiger partial charge is 0.211 e. The highest BCUT2D eigenvalue weighted by Gasteiger charge is 2.41. The van der Waals surface area contributed by atoms with Crippen LogP contribution in [0.2, 0.25) is 0 Å². The fourth-order valence-corrected chi connectivity index (χ4v) is 3.38. The van der Waals surface area contributed by atoms with Crippen molar-refractivity contribution in [2.45, 2.75) is 0 Å². The van der Waals surface area contributed by atoms with E-state index in [0.717, 1.165) is 26.2 Å². The van der Waals surface area contributed by atoms with E-state index in [2.05, 4.69) is 11.9 Å². The van der Waals surface area contributed by atoms with Crippen molar-refractivity contribution in [1.29, 1.82) is 0 Å². The van der Waals surface area contributed by atoms with Crippen LogP contribution < -0.4 is 0 Å². The van der Waals surface area contributed by atoms with Crippen LogP contribution in [-0.2, 0) is 10.0 Å². The molecule has 0 aliphatic carbocycles. The van der Waals surface area contributed by atoms with Crippen LogP contribution in [-0.4, -0.2) is 57.1 Å². The lowest BCUT2D eigenvalue weighted by Gasteiger charge is -2.16.